The van der Waals surface area contributed by atoms with Crippen LogP contribution >= 0.6 is 0 Å². The van der Waals surface area contributed by atoms with Gasteiger partial charge in [-0.25, -0.2) is 0 Å². The minimum atomic E-state index is -0.581. The van der Waals surface area contributed by atoms with E-state index < -0.39 is 5.56 Å². The number of benzene rings is 2. The Labute approximate surface area is 268 Å². The fourth-order valence-corrected chi connectivity index (χ4v) is 5.73. The van der Waals surface area contributed by atoms with Crippen molar-refractivity contribution in [1.82, 2.24) is 9.47 Å². The largest absolute Gasteiger partial charge is 0.493 e. The van der Waals surface area contributed by atoms with Gasteiger partial charge >= 0.3 is 0 Å². The molecule has 0 saturated carbocycles. The van der Waals surface area contributed by atoms with Gasteiger partial charge in [0.1, 0.15) is 11.6 Å². The average Bonchev–Trinajstić information content (AvgIpc) is 3.07. The van der Waals surface area contributed by atoms with Gasteiger partial charge in [0, 0.05) is 30.8 Å². The van der Waals surface area contributed by atoms with Crippen molar-refractivity contribution in [2.24, 2.45) is 22.1 Å². The lowest BCUT2D eigenvalue weighted by Gasteiger charge is -2.31. The average molecular weight is 612 g/mol. The van der Waals surface area contributed by atoms with Gasteiger partial charge in [-0.05, 0) is 61.4 Å². The molecule has 3 aromatic rings. The molecule has 8 heteroatoms. The number of hydrogen-bond acceptors (Lipinski definition) is 6. The number of pyridine rings is 1. The van der Waals surface area contributed by atoms with Crippen molar-refractivity contribution in [2.45, 2.75) is 92.5 Å². The third-order valence-electron chi connectivity index (χ3n) is 8.61. The second kappa shape index (κ2) is 17.9. The molecule has 45 heavy (non-hydrogen) atoms. The van der Waals surface area contributed by atoms with Crippen LogP contribution < -0.4 is 5.56 Å². The zero-order chi connectivity index (χ0) is 32.8. The Morgan fingerprint density at radius 3 is 1.96 bits per heavy atom. The number of carbonyl (C=O) groups excluding carboxylic acids is 1. The topological polar surface area (TPSA) is 111 Å². The van der Waals surface area contributed by atoms with Gasteiger partial charge in [0.05, 0.1) is 5.69 Å². The number of amides is 1. The molecule has 1 heterocycles. The van der Waals surface area contributed by atoms with Crippen LogP contribution in [0.2, 0.25) is 0 Å². The first-order valence-electron chi connectivity index (χ1n) is 16.6. The van der Waals surface area contributed by atoms with Crippen LogP contribution in [0, 0.1) is 23.2 Å². The second-order valence-electron chi connectivity index (χ2n) is 11.7. The molecule has 0 fully saturated rings. The smallest absolute Gasteiger partial charge is 0.272 e. The lowest BCUT2D eigenvalue weighted by atomic mass is 9.95. The summed E-state index contributed by atoms with van der Waals surface area (Å²) >= 11 is 0. The molecular weight excluding hydrogens is 562 g/mol. The molecule has 0 bridgehead atoms. The maximum atomic E-state index is 13.9. The SMILES string of the molecule is CCCCC(CC)CN(CC(CC)CCCC)C(=O)c1ccc(/N=N/c2c(-c3ccccc3)c(C#N)c(=O)n(CC)c2O)cc1. The van der Waals surface area contributed by atoms with Gasteiger partial charge < -0.3 is 10.0 Å². The summed E-state index contributed by atoms with van der Waals surface area (Å²) in [6.45, 7) is 12.2. The van der Waals surface area contributed by atoms with Crippen molar-refractivity contribution in [1.29, 1.82) is 5.26 Å². The number of aromatic hydroxyl groups is 1. The first-order valence-corrected chi connectivity index (χ1v) is 16.6. The minimum absolute atomic E-state index is 0.0288. The molecule has 0 radical (unpaired) electrons. The van der Waals surface area contributed by atoms with E-state index in [1.807, 2.05) is 12.1 Å². The normalized spacial score (nSPS) is 12.6. The second-order valence-corrected chi connectivity index (χ2v) is 11.7. The molecule has 8 nitrogen and oxygen atoms in total. The van der Waals surface area contributed by atoms with E-state index in [1.165, 1.54) is 12.8 Å². The summed E-state index contributed by atoms with van der Waals surface area (Å²) in [5, 5.41) is 29.6. The number of aromatic nitrogens is 1. The monoisotopic (exact) mass is 611 g/mol. The van der Waals surface area contributed by atoms with Gasteiger partial charge in [-0.3, -0.25) is 14.2 Å². The lowest BCUT2D eigenvalue weighted by molar-refractivity contribution is 0.0685. The van der Waals surface area contributed by atoms with Crippen molar-refractivity contribution in [3.8, 4) is 23.1 Å². The highest BCUT2D eigenvalue weighted by molar-refractivity contribution is 5.94. The highest BCUT2D eigenvalue weighted by Gasteiger charge is 2.24. The number of nitrogens with zero attached hydrogens (tertiary/aromatic N) is 5. The molecule has 1 N–H and O–H groups in total. The van der Waals surface area contributed by atoms with Crippen molar-refractivity contribution in [3.05, 3.63) is 76.1 Å². The maximum absolute atomic E-state index is 13.9. The molecule has 2 unspecified atom stereocenters. The Kier molecular flexibility index (Phi) is 14.0. The van der Waals surface area contributed by atoms with E-state index in [-0.39, 0.29) is 35.1 Å². The van der Waals surface area contributed by atoms with Crippen LogP contribution in [0.5, 0.6) is 5.88 Å². The predicted molar refractivity (Wildman–Crippen MR) is 181 cm³/mol. The summed E-state index contributed by atoms with van der Waals surface area (Å²) in [5.74, 6) is 0.624. The van der Waals surface area contributed by atoms with Crippen molar-refractivity contribution in [3.63, 3.8) is 0 Å². The Morgan fingerprint density at radius 2 is 1.47 bits per heavy atom. The summed E-state index contributed by atoms with van der Waals surface area (Å²) in [6, 6.07) is 17.9. The maximum Gasteiger partial charge on any atom is 0.272 e. The Morgan fingerprint density at radius 1 is 0.889 bits per heavy atom. The number of nitriles is 1. The van der Waals surface area contributed by atoms with E-state index >= 15 is 0 Å². The minimum Gasteiger partial charge on any atom is -0.493 e. The summed E-state index contributed by atoms with van der Waals surface area (Å²) in [7, 11) is 0. The molecular formula is C37H49N5O3. The molecule has 3 rings (SSSR count). The van der Waals surface area contributed by atoms with Crippen LogP contribution in [-0.2, 0) is 6.54 Å². The quantitative estimate of drug-likeness (QED) is 0.153. The number of unbranched alkanes of at least 4 members (excludes halogenated alkanes) is 2. The van der Waals surface area contributed by atoms with Gasteiger partial charge in [0.25, 0.3) is 11.5 Å². The highest BCUT2D eigenvalue weighted by Crippen LogP contribution is 2.39. The van der Waals surface area contributed by atoms with Crippen molar-refractivity contribution in [2.75, 3.05) is 13.1 Å². The van der Waals surface area contributed by atoms with Crippen LogP contribution in [0.15, 0.2) is 69.6 Å². The van der Waals surface area contributed by atoms with E-state index in [9.17, 15) is 20.0 Å². The van der Waals surface area contributed by atoms with Crippen LogP contribution in [0.4, 0.5) is 11.4 Å². The Balaban J connectivity index is 1.95. The zero-order valence-corrected chi connectivity index (χ0v) is 27.6. The fraction of sp³-hybridized carbons (Fsp3) is 0.486. The van der Waals surface area contributed by atoms with Gasteiger partial charge in [-0.1, -0.05) is 96.6 Å². The van der Waals surface area contributed by atoms with E-state index in [0.717, 1.165) is 56.2 Å². The van der Waals surface area contributed by atoms with Gasteiger partial charge in [-0.2, -0.15) is 10.4 Å². The van der Waals surface area contributed by atoms with E-state index in [4.69, 9.17) is 0 Å². The zero-order valence-electron chi connectivity index (χ0n) is 27.6. The summed E-state index contributed by atoms with van der Waals surface area (Å²) in [5.41, 5.74) is 1.25. The van der Waals surface area contributed by atoms with Crippen molar-refractivity contribution >= 4 is 17.3 Å². The summed E-state index contributed by atoms with van der Waals surface area (Å²) in [6.07, 6.45) is 8.97. The number of hydrogen-bond donors (Lipinski definition) is 1. The highest BCUT2D eigenvalue weighted by atomic mass is 16.3. The first kappa shape index (κ1) is 35.2. The number of azo groups is 1. The molecule has 1 aromatic heterocycles. The van der Waals surface area contributed by atoms with Crippen LogP contribution in [0.1, 0.15) is 102 Å². The molecule has 2 aromatic carbocycles. The van der Waals surface area contributed by atoms with Gasteiger partial charge in [0.2, 0.25) is 5.88 Å². The summed E-state index contributed by atoms with van der Waals surface area (Å²) < 4.78 is 1.11. The van der Waals surface area contributed by atoms with E-state index in [0.29, 0.717) is 28.7 Å². The fourth-order valence-electron chi connectivity index (χ4n) is 5.73. The lowest BCUT2D eigenvalue weighted by Crippen LogP contribution is -2.39. The van der Waals surface area contributed by atoms with Gasteiger partial charge in [0.15, 0.2) is 5.69 Å². The number of rotatable bonds is 17. The third-order valence-corrected chi connectivity index (χ3v) is 8.61. The van der Waals surface area contributed by atoms with Crippen LogP contribution in [0.3, 0.4) is 0 Å². The Hall–Kier alpha value is -4.25. The molecule has 0 aliphatic carbocycles. The molecule has 0 saturated heterocycles. The van der Waals surface area contributed by atoms with E-state index in [2.05, 4.69) is 42.8 Å². The van der Waals surface area contributed by atoms with E-state index in [1.54, 1.807) is 55.5 Å². The molecule has 2 atom stereocenters. The molecule has 1 amide bonds. The van der Waals surface area contributed by atoms with Crippen molar-refractivity contribution < 1.29 is 9.90 Å². The number of carbonyl (C=O) groups is 1. The summed E-state index contributed by atoms with van der Waals surface area (Å²) in [4.78, 5) is 28.9. The molecule has 0 aliphatic rings. The van der Waals surface area contributed by atoms with Crippen LogP contribution in [0.25, 0.3) is 11.1 Å². The first-order chi connectivity index (χ1) is 21.8. The molecule has 0 aliphatic heterocycles. The van der Waals surface area contributed by atoms with Gasteiger partial charge in [-0.15, -0.1) is 5.11 Å². The predicted octanol–water partition coefficient (Wildman–Crippen LogP) is 9.40. The standard InChI is InChI=1S/C37H49N5O3/c1-6-11-16-27(8-3)25-41(26-28(9-4)17-12-7-2)35(43)30-20-22-31(23-21-30)39-40-34-33(29-18-14-13-15-19-29)32(24-38)36(44)42(10-5)37(34)45/h13-15,18-23,27-28,45H,6-12,16-17,25-26H2,1-5H3/b40-39+. The molecule has 240 valence electrons. The van der Waals surface area contributed by atoms with Crippen LogP contribution in [-0.4, -0.2) is 33.6 Å². The molecule has 0 spiro atoms. The Bertz CT molecular complexity index is 1490. The third kappa shape index (κ3) is 9.13.